The Morgan fingerprint density at radius 3 is 2.56 bits per heavy atom. The fourth-order valence-corrected chi connectivity index (χ4v) is 5.08. The van der Waals surface area contributed by atoms with Gasteiger partial charge in [0.05, 0.1) is 11.4 Å². The van der Waals surface area contributed by atoms with E-state index in [1.165, 1.54) is 16.8 Å². The van der Waals surface area contributed by atoms with Crippen LogP contribution in [-0.4, -0.2) is 36.4 Å². The second-order valence-electron chi connectivity index (χ2n) is 8.51. The van der Waals surface area contributed by atoms with Crippen molar-refractivity contribution in [2.75, 3.05) is 5.32 Å². The number of aryl methyl sites for hydroxylation is 2. The van der Waals surface area contributed by atoms with E-state index in [-0.39, 0.29) is 27.8 Å². The van der Waals surface area contributed by atoms with Crippen LogP contribution in [0.15, 0.2) is 54.9 Å². The van der Waals surface area contributed by atoms with Gasteiger partial charge in [0.1, 0.15) is 21.2 Å². The average Bonchev–Trinajstić information content (AvgIpc) is 3.64. The molecule has 0 aliphatic heterocycles. The quantitative estimate of drug-likeness (QED) is 0.265. The number of nitrogens with zero attached hydrogens (tertiary/aromatic N) is 5. The van der Waals surface area contributed by atoms with Crippen molar-refractivity contribution in [1.82, 2.24) is 24.5 Å². The largest absolute Gasteiger partial charge is 0.471 e. The molecule has 0 saturated carbocycles. The van der Waals surface area contributed by atoms with Crippen LogP contribution in [0.4, 0.5) is 14.5 Å². The van der Waals surface area contributed by atoms with Gasteiger partial charge in [0.15, 0.2) is 12.4 Å². The lowest BCUT2D eigenvalue weighted by Gasteiger charge is -2.10. The van der Waals surface area contributed by atoms with E-state index in [1.807, 2.05) is 25.1 Å². The summed E-state index contributed by atoms with van der Waals surface area (Å²) in [4.78, 5) is 29.8. The summed E-state index contributed by atoms with van der Waals surface area (Å²) >= 11 is 0.832. The lowest BCUT2D eigenvalue weighted by atomic mass is 10.0. The van der Waals surface area contributed by atoms with Gasteiger partial charge in [-0.3, -0.25) is 14.3 Å². The highest BCUT2D eigenvalue weighted by atomic mass is 32.1. The molecule has 0 radical (unpaired) electrons. The highest BCUT2D eigenvalue weighted by Crippen LogP contribution is 2.43. The molecule has 5 rings (SSSR count). The maximum Gasteiger partial charge on any atom is 0.280 e. The van der Waals surface area contributed by atoms with Crippen LogP contribution in [0.25, 0.3) is 21.3 Å². The number of thiophene rings is 1. The van der Waals surface area contributed by atoms with Crippen LogP contribution in [0.1, 0.15) is 44.9 Å². The molecule has 1 aromatic carbocycles. The molecule has 39 heavy (non-hydrogen) atoms. The molecular weight excluding hydrogens is 528 g/mol. The molecule has 13 heteroatoms. The second kappa shape index (κ2) is 10.6. The number of para-hydroxylation sites is 1. The zero-order chi connectivity index (χ0) is 27.7. The smallest absolute Gasteiger partial charge is 0.280 e. The number of nitrogens with one attached hydrogen (secondary N) is 1. The minimum absolute atomic E-state index is 0.0223. The van der Waals surface area contributed by atoms with Crippen molar-refractivity contribution in [3.63, 3.8) is 0 Å². The Balaban J connectivity index is 1.54. The molecule has 200 valence electrons. The molecule has 0 spiro atoms. The fourth-order valence-electron chi connectivity index (χ4n) is 4.07. The molecule has 5 aromatic rings. The third-order valence-electron chi connectivity index (χ3n) is 5.91. The first-order chi connectivity index (χ1) is 18.7. The van der Waals surface area contributed by atoms with Crippen LogP contribution < -0.4 is 15.8 Å². The molecule has 0 fully saturated rings. The zero-order valence-electron chi connectivity index (χ0n) is 20.9. The molecule has 0 unspecified atom stereocenters. The van der Waals surface area contributed by atoms with Crippen LogP contribution in [0.3, 0.4) is 0 Å². The summed E-state index contributed by atoms with van der Waals surface area (Å²) in [7, 11) is 0. The Morgan fingerprint density at radius 1 is 1.13 bits per heavy atom. The SMILES string of the molecule is CCn1cc(-c2cc(C(F)F)nc3sc(C(N)=O)c(NC(=O)c4ccn(COc5ccccc5)n4)c23)c(C)n1. The molecule has 0 atom stereocenters. The third-order valence-corrected chi connectivity index (χ3v) is 7.01. The first kappa shape index (κ1) is 26.0. The van der Waals surface area contributed by atoms with E-state index in [0.717, 1.165) is 11.3 Å². The number of carbonyl (C=O) groups excluding carboxylic acids is 2. The van der Waals surface area contributed by atoms with Crippen molar-refractivity contribution in [2.24, 2.45) is 5.73 Å². The number of rotatable bonds is 9. The maximum absolute atomic E-state index is 13.8. The van der Waals surface area contributed by atoms with Gasteiger partial charge >= 0.3 is 0 Å². The molecule has 2 amide bonds. The number of anilines is 1. The summed E-state index contributed by atoms with van der Waals surface area (Å²) in [6.07, 6.45) is 0.443. The summed E-state index contributed by atoms with van der Waals surface area (Å²) in [5, 5.41) is 11.7. The van der Waals surface area contributed by atoms with E-state index in [9.17, 15) is 18.4 Å². The van der Waals surface area contributed by atoms with Crippen molar-refractivity contribution in [3.8, 4) is 16.9 Å². The normalized spacial score (nSPS) is 11.3. The molecule has 0 saturated heterocycles. The fraction of sp³-hybridized carbons (Fsp3) is 0.192. The number of aromatic nitrogens is 5. The molecule has 4 heterocycles. The minimum atomic E-state index is -2.85. The molecular formula is C26H23F2N7O3S. The van der Waals surface area contributed by atoms with Crippen molar-refractivity contribution in [3.05, 3.63) is 76.8 Å². The van der Waals surface area contributed by atoms with Crippen LogP contribution in [0.5, 0.6) is 5.75 Å². The highest BCUT2D eigenvalue weighted by molar-refractivity contribution is 7.21. The van der Waals surface area contributed by atoms with E-state index >= 15 is 0 Å². The number of carbonyl (C=O) groups is 2. The number of hydrogen-bond acceptors (Lipinski definition) is 7. The predicted molar refractivity (Wildman–Crippen MR) is 142 cm³/mol. The molecule has 0 aliphatic carbocycles. The summed E-state index contributed by atoms with van der Waals surface area (Å²) in [5.41, 5.74) is 6.80. The number of amides is 2. The van der Waals surface area contributed by atoms with Gasteiger partial charge in [-0.15, -0.1) is 11.3 Å². The number of hydrogen-bond donors (Lipinski definition) is 2. The Labute approximate surface area is 225 Å². The van der Waals surface area contributed by atoms with E-state index in [2.05, 4.69) is 20.5 Å². The lowest BCUT2D eigenvalue weighted by Crippen LogP contribution is -2.17. The number of pyridine rings is 1. The monoisotopic (exact) mass is 551 g/mol. The number of halogens is 2. The first-order valence-corrected chi connectivity index (χ1v) is 12.7. The summed E-state index contributed by atoms with van der Waals surface area (Å²) in [6.45, 7) is 4.28. The van der Waals surface area contributed by atoms with Gasteiger partial charge in [-0.05, 0) is 43.7 Å². The summed E-state index contributed by atoms with van der Waals surface area (Å²) in [6, 6.07) is 11.9. The number of nitrogens with two attached hydrogens (primary N) is 1. The van der Waals surface area contributed by atoms with Crippen LogP contribution in [0.2, 0.25) is 0 Å². The van der Waals surface area contributed by atoms with E-state index in [0.29, 0.717) is 34.5 Å². The molecule has 0 bridgehead atoms. The minimum Gasteiger partial charge on any atom is -0.471 e. The summed E-state index contributed by atoms with van der Waals surface area (Å²) in [5.74, 6) is -0.819. The molecule has 3 N–H and O–H groups in total. The van der Waals surface area contributed by atoms with Gasteiger partial charge < -0.3 is 15.8 Å². The Bertz CT molecular complexity index is 1680. The van der Waals surface area contributed by atoms with Gasteiger partial charge in [0.2, 0.25) is 0 Å². The first-order valence-electron chi connectivity index (χ1n) is 11.9. The number of alkyl halides is 2. The van der Waals surface area contributed by atoms with Crippen LogP contribution in [0, 0.1) is 6.92 Å². The predicted octanol–water partition coefficient (Wildman–Crippen LogP) is 5.01. The third kappa shape index (κ3) is 5.21. The summed E-state index contributed by atoms with van der Waals surface area (Å²) < 4.78 is 36.3. The van der Waals surface area contributed by atoms with Gasteiger partial charge in [0, 0.05) is 29.9 Å². The Hall–Kier alpha value is -4.65. The van der Waals surface area contributed by atoms with E-state index in [1.54, 1.807) is 36.1 Å². The molecule has 4 aromatic heterocycles. The van der Waals surface area contributed by atoms with Crippen molar-refractivity contribution >= 4 is 39.1 Å². The highest BCUT2D eigenvalue weighted by Gasteiger charge is 2.26. The average molecular weight is 552 g/mol. The van der Waals surface area contributed by atoms with Gasteiger partial charge in [0.25, 0.3) is 18.2 Å². The van der Waals surface area contributed by atoms with Gasteiger partial charge in [-0.2, -0.15) is 10.2 Å². The zero-order valence-corrected chi connectivity index (χ0v) is 21.7. The number of ether oxygens (including phenoxy) is 1. The van der Waals surface area contributed by atoms with Crippen molar-refractivity contribution < 1.29 is 23.1 Å². The molecule has 0 aliphatic rings. The van der Waals surface area contributed by atoms with Crippen LogP contribution in [-0.2, 0) is 13.3 Å². The topological polar surface area (TPSA) is 130 Å². The van der Waals surface area contributed by atoms with E-state index < -0.39 is 23.9 Å². The van der Waals surface area contributed by atoms with Gasteiger partial charge in [-0.25, -0.2) is 18.4 Å². The number of primary amides is 1. The van der Waals surface area contributed by atoms with Gasteiger partial charge in [-0.1, -0.05) is 18.2 Å². The number of benzene rings is 1. The van der Waals surface area contributed by atoms with Crippen LogP contribution >= 0.6 is 11.3 Å². The van der Waals surface area contributed by atoms with Crippen molar-refractivity contribution in [1.29, 1.82) is 0 Å². The Kier molecular flexibility index (Phi) is 7.07. The maximum atomic E-state index is 13.8. The molecule has 10 nitrogen and oxygen atoms in total. The second-order valence-corrected chi connectivity index (χ2v) is 9.51. The lowest BCUT2D eigenvalue weighted by molar-refractivity contribution is 0.100. The number of fused-ring (bicyclic) bond motifs is 1. The standard InChI is InChI=1S/C26H23F2N7O3S/c1-3-34-12-17(14(2)32-34)16-11-19(23(27)28)30-26-20(16)21(22(39-26)24(29)36)31-25(37)18-9-10-35(33-18)13-38-15-7-5-4-6-8-15/h4-12,23H,3,13H2,1-2H3,(H2,29,36)(H,31,37). The van der Waals surface area contributed by atoms with Crippen molar-refractivity contribution in [2.45, 2.75) is 33.5 Å². The Morgan fingerprint density at radius 2 is 1.90 bits per heavy atom. The van der Waals surface area contributed by atoms with E-state index in [4.69, 9.17) is 10.5 Å².